The Labute approximate surface area is 75.5 Å². The molecule has 60 valence electrons. The molecule has 2 heteroatoms. The summed E-state index contributed by atoms with van der Waals surface area (Å²) in [5.41, 5.74) is 1.26. The predicted molar refractivity (Wildman–Crippen MR) is 50.0 cm³/mol. The minimum Gasteiger partial charge on any atom is -0.383 e. The first-order chi connectivity index (χ1) is 5.34. The van der Waals surface area contributed by atoms with Crippen molar-refractivity contribution in [2.45, 2.75) is 4.83 Å². The Kier molecular flexibility index (Phi) is 3.60. The molecular formula is C9H11BrO. The van der Waals surface area contributed by atoms with Crippen LogP contribution >= 0.6 is 15.9 Å². The van der Waals surface area contributed by atoms with E-state index in [1.807, 2.05) is 18.2 Å². The average molecular weight is 215 g/mol. The molecule has 0 saturated heterocycles. The highest BCUT2D eigenvalue weighted by molar-refractivity contribution is 9.09. The molecule has 0 N–H and O–H groups in total. The molecule has 0 saturated carbocycles. The van der Waals surface area contributed by atoms with Crippen LogP contribution in [0.1, 0.15) is 10.4 Å². The third-order valence-electron chi connectivity index (χ3n) is 1.47. The molecule has 11 heavy (non-hydrogen) atoms. The summed E-state index contributed by atoms with van der Waals surface area (Å²) in [6.45, 7) is 0.712. The maximum absolute atomic E-state index is 5.01. The number of alkyl halides is 1. The van der Waals surface area contributed by atoms with Crippen LogP contribution in [-0.4, -0.2) is 13.7 Å². The van der Waals surface area contributed by atoms with E-state index in [9.17, 15) is 0 Å². The van der Waals surface area contributed by atoms with Gasteiger partial charge in [-0.15, -0.1) is 0 Å². The zero-order chi connectivity index (χ0) is 8.10. The topological polar surface area (TPSA) is 9.23 Å². The number of ether oxygens (including phenoxy) is 1. The summed E-state index contributed by atoms with van der Waals surface area (Å²) in [7, 11) is 1.71. The Morgan fingerprint density at radius 3 is 2.55 bits per heavy atom. The maximum atomic E-state index is 5.01. The molecule has 1 nitrogen and oxygen atoms in total. The standard InChI is InChI=1S/C9H11BrO/c1-11-7-9(10)8-5-3-2-4-6-8/h2-6,9H,7H2,1H3. The fourth-order valence-electron chi connectivity index (χ4n) is 0.904. The van der Waals surface area contributed by atoms with E-state index in [4.69, 9.17) is 4.74 Å². The van der Waals surface area contributed by atoms with Crippen LogP contribution in [0.15, 0.2) is 30.3 Å². The minimum atomic E-state index is 0.314. The van der Waals surface area contributed by atoms with Gasteiger partial charge in [-0.2, -0.15) is 0 Å². The van der Waals surface area contributed by atoms with Crippen molar-refractivity contribution in [3.05, 3.63) is 35.9 Å². The van der Waals surface area contributed by atoms with Crippen molar-refractivity contribution in [2.24, 2.45) is 0 Å². The molecule has 1 unspecified atom stereocenters. The van der Waals surface area contributed by atoms with E-state index in [-0.39, 0.29) is 0 Å². The van der Waals surface area contributed by atoms with Crippen LogP contribution in [0.2, 0.25) is 0 Å². The van der Waals surface area contributed by atoms with E-state index in [2.05, 4.69) is 28.1 Å². The van der Waals surface area contributed by atoms with Gasteiger partial charge in [0.05, 0.1) is 11.4 Å². The Morgan fingerprint density at radius 2 is 2.00 bits per heavy atom. The van der Waals surface area contributed by atoms with Gasteiger partial charge in [-0.1, -0.05) is 46.3 Å². The Balaban J connectivity index is 2.61. The van der Waals surface area contributed by atoms with Crippen LogP contribution in [0.25, 0.3) is 0 Å². The normalized spacial score (nSPS) is 12.9. The third kappa shape index (κ3) is 2.64. The zero-order valence-corrected chi connectivity index (χ0v) is 8.04. The van der Waals surface area contributed by atoms with Gasteiger partial charge < -0.3 is 4.74 Å². The summed E-state index contributed by atoms with van der Waals surface area (Å²) < 4.78 is 5.01. The van der Waals surface area contributed by atoms with Crippen molar-refractivity contribution in [1.29, 1.82) is 0 Å². The first-order valence-electron chi connectivity index (χ1n) is 3.52. The van der Waals surface area contributed by atoms with Crippen molar-refractivity contribution in [1.82, 2.24) is 0 Å². The fraction of sp³-hybridized carbons (Fsp3) is 0.333. The van der Waals surface area contributed by atoms with Gasteiger partial charge in [0, 0.05) is 7.11 Å². The van der Waals surface area contributed by atoms with Crippen molar-refractivity contribution < 1.29 is 4.74 Å². The maximum Gasteiger partial charge on any atom is 0.0628 e. The lowest BCUT2D eigenvalue weighted by atomic mass is 10.2. The second-order valence-corrected chi connectivity index (χ2v) is 3.44. The molecule has 0 amide bonds. The predicted octanol–water partition coefficient (Wildman–Crippen LogP) is 2.77. The molecule has 0 aliphatic heterocycles. The summed E-state index contributed by atoms with van der Waals surface area (Å²) in [6, 6.07) is 10.2. The summed E-state index contributed by atoms with van der Waals surface area (Å²) in [4.78, 5) is 0.314. The van der Waals surface area contributed by atoms with Gasteiger partial charge in [-0.05, 0) is 5.56 Å². The van der Waals surface area contributed by atoms with Gasteiger partial charge in [0.2, 0.25) is 0 Å². The number of benzene rings is 1. The largest absolute Gasteiger partial charge is 0.383 e. The number of hydrogen-bond acceptors (Lipinski definition) is 1. The minimum absolute atomic E-state index is 0.314. The molecule has 1 aromatic carbocycles. The number of methoxy groups -OCH3 is 1. The lowest BCUT2D eigenvalue weighted by molar-refractivity contribution is 0.201. The quantitative estimate of drug-likeness (QED) is 0.704. The zero-order valence-electron chi connectivity index (χ0n) is 6.46. The van der Waals surface area contributed by atoms with E-state index in [1.165, 1.54) is 5.56 Å². The van der Waals surface area contributed by atoms with E-state index in [0.29, 0.717) is 11.4 Å². The monoisotopic (exact) mass is 214 g/mol. The highest BCUT2D eigenvalue weighted by Gasteiger charge is 2.04. The van der Waals surface area contributed by atoms with Crippen LogP contribution in [-0.2, 0) is 4.74 Å². The van der Waals surface area contributed by atoms with Gasteiger partial charge in [-0.3, -0.25) is 0 Å². The summed E-state index contributed by atoms with van der Waals surface area (Å²) in [6.07, 6.45) is 0. The van der Waals surface area contributed by atoms with Crippen LogP contribution < -0.4 is 0 Å². The Morgan fingerprint density at radius 1 is 1.36 bits per heavy atom. The molecule has 0 aliphatic carbocycles. The number of halogens is 1. The highest BCUT2D eigenvalue weighted by Crippen LogP contribution is 2.21. The SMILES string of the molecule is COCC(Br)c1ccccc1. The van der Waals surface area contributed by atoms with Gasteiger partial charge in [0.15, 0.2) is 0 Å². The lowest BCUT2D eigenvalue weighted by Crippen LogP contribution is -1.97. The van der Waals surface area contributed by atoms with Crippen molar-refractivity contribution >= 4 is 15.9 Å². The van der Waals surface area contributed by atoms with Crippen molar-refractivity contribution in [2.75, 3.05) is 13.7 Å². The molecule has 0 bridgehead atoms. The van der Waals surface area contributed by atoms with Crippen LogP contribution in [0.3, 0.4) is 0 Å². The van der Waals surface area contributed by atoms with E-state index in [0.717, 1.165) is 0 Å². The lowest BCUT2D eigenvalue weighted by Gasteiger charge is -2.07. The second-order valence-electron chi connectivity index (χ2n) is 2.33. The van der Waals surface area contributed by atoms with Crippen molar-refractivity contribution in [3.63, 3.8) is 0 Å². The van der Waals surface area contributed by atoms with E-state index < -0.39 is 0 Å². The molecule has 0 spiro atoms. The third-order valence-corrected chi connectivity index (χ3v) is 2.27. The first-order valence-corrected chi connectivity index (χ1v) is 4.44. The summed E-state index contributed by atoms with van der Waals surface area (Å²) in [5.74, 6) is 0. The van der Waals surface area contributed by atoms with Crippen LogP contribution in [0.4, 0.5) is 0 Å². The van der Waals surface area contributed by atoms with Gasteiger partial charge in [-0.25, -0.2) is 0 Å². The molecule has 1 atom stereocenters. The molecule has 0 radical (unpaired) electrons. The molecule has 0 aliphatic rings. The first kappa shape index (κ1) is 8.75. The molecular weight excluding hydrogens is 204 g/mol. The van der Waals surface area contributed by atoms with E-state index >= 15 is 0 Å². The molecule has 1 aromatic rings. The van der Waals surface area contributed by atoms with Gasteiger partial charge in [0.25, 0.3) is 0 Å². The van der Waals surface area contributed by atoms with Gasteiger partial charge in [0.1, 0.15) is 0 Å². The molecule has 0 aromatic heterocycles. The Bertz CT molecular complexity index is 198. The Hall–Kier alpha value is -0.340. The van der Waals surface area contributed by atoms with Crippen LogP contribution in [0.5, 0.6) is 0 Å². The second kappa shape index (κ2) is 4.52. The molecule has 0 heterocycles. The fourth-order valence-corrected chi connectivity index (χ4v) is 1.47. The van der Waals surface area contributed by atoms with Crippen molar-refractivity contribution in [3.8, 4) is 0 Å². The van der Waals surface area contributed by atoms with Crippen LogP contribution in [0, 0.1) is 0 Å². The average Bonchev–Trinajstić information content (AvgIpc) is 2.07. The van der Waals surface area contributed by atoms with Gasteiger partial charge >= 0.3 is 0 Å². The van der Waals surface area contributed by atoms with E-state index in [1.54, 1.807) is 7.11 Å². The summed E-state index contributed by atoms with van der Waals surface area (Å²) >= 11 is 3.52. The highest BCUT2D eigenvalue weighted by atomic mass is 79.9. The molecule has 0 fully saturated rings. The number of rotatable bonds is 3. The smallest absolute Gasteiger partial charge is 0.0628 e. The number of hydrogen-bond donors (Lipinski definition) is 0. The molecule has 1 rings (SSSR count). The summed E-state index contributed by atoms with van der Waals surface area (Å²) in [5, 5.41) is 0.